The molecule has 0 heterocycles. The zero-order valence-electron chi connectivity index (χ0n) is 9.80. The van der Waals surface area contributed by atoms with Crippen molar-refractivity contribution in [3.8, 4) is 0 Å². The predicted molar refractivity (Wildman–Crippen MR) is 57.5 cm³/mol. The van der Waals surface area contributed by atoms with Crippen LogP contribution in [0.5, 0.6) is 0 Å². The topological polar surface area (TPSA) is 58.6 Å². The number of aliphatic hydroxyl groups excluding tert-OH is 1. The lowest BCUT2D eigenvalue weighted by atomic mass is 10.1. The molecule has 2 N–H and O–H groups in total. The third-order valence-electron chi connectivity index (χ3n) is 2.48. The Morgan fingerprint density at radius 3 is 2.47 bits per heavy atom. The van der Waals surface area contributed by atoms with E-state index in [9.17, 15) is 4.79 Å². The van der Waals surface area contributed by atoms with E-state index in [0.29, 0.717) is 6.54 Å². The fraction of sp³-hybridized carbons (Fsp3) is 0.909. The molecule has 0 aromatic carbocycles. The molecule has 0 unspecified atom stereocenters. The minimum Gasteiger partial charge on any atom is -0.459 e. The van der Waals surface area contributed by atoms with Crippen molar-refractivity contribution in [3.63, 3.8) is 0 Å². The zero-order chi connectivity index (χ0) is 11.5. The highest BCUT2D eigenvalue weighted by Gasteiger charge is 2.41. The van der Waals surface area contributed by atoms with Crippen LogP contribution in [0.15, 0.2) is 0 Å². The fourth-order valence-corrected chi connectivity index (χ4v) is 1.37. The number of nitrogens with one attached hydrogen (secondary N) is 1. The standard InChI is InChI=1S/C11H21NO3/c1-10(2,3)15-9(14)6-12-7-11(8-13)4-5-11/h12-13H,4-8H2,1-3H3. The number of rotatable bonds is 5. The lowest BCUT2D eigenvalue weighted by molar-refractivity contribution is -0.153. The molecule has 0 atom stereocenters. The highest BCUT2D eigenvalue weighted by Crippen LogP contribution is 2.44. The molecular weight excluding hydrogens is 194 g/mol. The first kappa shape index (κ1) is 12.5. The maximum atomic E-state index is 11.3. The second-order valence-electron chi connectivity index (χ2n) is 5.35. The summed E-state index contributed by atoms with van der Waals surface area (Å²) in [6.45, 7) is 6.67. The molecular formula is C11H21NO3. The lowest BCUT2D eigenvalue weighted by Crippen LogP contribution is -2.35. The van der Waals surface area contributed by atoms with Crippen LogP contribution in [0.1, 0.15) is 33.6 Å². The number of ether oxygens (including phenoxy) is 1. The van der Waals surface area contributed by atoms with Gasteiger partial charge in [-0.15, -0.1) is 0 Å². The summed E-state index contributed by atoms with van der Waals surface area (Å²) in [4.78, 5) is 11.3. The molecule has 1 fully saturated rings. The van der Waals surface area contributed by atoms with E-state index in [1.54, 1.807) is 0 Å². The lowest BCUT2D eigenvalue weighted by Gasteiger charge is -2.20. The van der Waals surface area contributed by atoms with Gasteiger partial charge < -0.3 is 15.2 Å². The van der Waals surface area contributed by atoms with Crippen LogP contribution in [0.3, 0.4) is 0 Å². The molecule has 0 aromatic heterocycles. The van der Waals surface area contributed by atoms with Gasteiger partial charge in [-0.25, -0.2) is 0 Å². The van der Waals surface area contributed by atoms with Crippen LogP contribution in [0.2, 0.25) is 0 Å². The van der Waals surface area contributed by atoms with E-state index in [1.165, 1.54) is 0 Å². The second-order valence-corrected chi connectivity index (χ2v) is 5.35. The fourth-order valence-electron chi connectivity index (χ4n) is 1.37. The first-order chi connectivity index (χ1) is 6.87. The Hall–Kier alpha value is -0.610. The summed E-state index contributed by atoms with van der Waals surface area (Å²) in [5.74, 6) is -0.240. The average Bonchev–Trinajstić information content (AvgIpc) is 2.82. The van der Waals surface area contributed by atoms with Crippen LogP contribution >= 0.6 is 0 Å². The van der Waals surface area contributed by atoms with Crippen LogP contribution in [0, 0.1) is 5.41 Å². The molecule has 0 spiro atoms. The zero-order valence-corrected chi connectivity index (χ0v) is 9.80. The molecule has 15 heavy (non-hydrogen) atoms. The Morgan fingerprint density at radius 1 is 1.47 bits per heavy atom. The summed E-state index contributed by atoms with van der Waals surface area (Å²) in [5, 5.41) is 12.1. The summed E-state index contributed by atoms with van der Waals surface area (Å²) >= 11 is 0. The summed E-state index contributed by atoms with van der Waals surface area (Å²) in [7, 11) is 0. The minimum atomic E-state index is -0.424. The molecule has 0 aromatic rings. The van der Waals surface area contributed by atoms with Crippen LogP contribution < -0.4 is 5.32 Å². The Labute approximate surface area is 91.0 Å². The maximum absolute atomic E-state index is 11.3. The van der Waals surface area contributed by atoms with Crippen molar-refractivity contribution in [2.24, 2.45) is 5.41 Å². The van der Waals surface area contributed by atoms with E-state index >= 15 is 0 Å². The van der Waals surface area contributed by atoms with Gasteiger partial charge in [0.05, 0.1) is 6.54 Å². The van der Waals surface area contributed by atoms with E-state index in [0.717, 1.165) is 12.8 Å². The monoisotopic (exact) mass is 215 g/mol. The van der Waals surface area contributed by atoms with Crippen molar-refractivity contribution >= 4 is 5.97 Å². The van der Waals surface area contributed by atoms with Gasteiger partial charge in [-0.3, -0.25) is 4.79 Å². The Balaban J connectivity index is 2.12. The molecule has 0 amide bonds. The van der Waals surface area contributed by atoms with Gasteiger partial charge in [-0.2, -0.15) is 0 Å². The van der Waals surface area contributed by atoms with Gasteiger partial charge in [-0.1, -0.05) is 0 Å². The number of hydrogen-bond donors (Lipinski definition) is 2. The summed E-state index contributed by atoms with van der Waals surface area (Å²) in [6.07, 6.45) is 2.09. The molecule has 88 valence electrons. The average molecular weight is 215 g/mol. The smallest absolute Gasteiger partial charge is 0.320 e. The first-order valence-corrected chi connectivity index (χ1v) is 5.40. The van der Waals surface area contributed by atoms with Gasteiger partial charge in [0.15, 0.2) is 0 Å². The van der Waals surface area contributed by atoms with Crippen molar-refractivity contribution in [3.05, 3.63) is 0 Å². The normalized spacial score (nSPS) is 18.7. The molecule has 1 aliphatic rings. The van der Waals surface area contributed by atoms with E-state index in [2.05, 4.69) is 5.32 Å². The van der Waals surface area contributed by atoms with Crippen LogP contribution in [0.4, 0.5) is 0 Å². The Bertz CT molecular complexity index is 228. The van der Waals surface area contributed by atoms with Gasteiger partial charge in [0.2, 0.25) is 0 Å². The van der Waals surface area contributed by atoms with Gasteiger partial charge in [0, 0.05) is 18.6 Å². The largest absolute Gasteiger partial charge is 0.459 e. The van der Waals surface area contributed by atoms with E-state index in [1.807, 2.05) is 20.8 Å². The molecule has 0 bridgehead atoms. The van der Waals surface area contributed by atoms with Crippen molar-refractivity contribution in [2.45, 2.75) is 39.2 Å². The van der Waals surface area contributed by atoms with E-state index in [4.69, 9.17) is 9.84 Å². The van der Waals surface area contributed by atoms with Crippen LogP contribution in [-0.2, 0) is 9.53 Å². The molecule has 1 rings (SSSR count). The van der Waals surface area contributed by atoms with E-state index in [-0.39, 0.29) is 24.5 Å². The minimum absolute atomic E-state index is 0.0437. The Kier molecular flexibility index (Phi) is 3.73. The number of hydrogen-bond acceptors (Lipinski definition) is 4. The molecule has 0 saturated heterocycles. The number of carbonyl (C=O) groups is 1. The molecule has 0 aliphatic heterocycles. The Morgan fingerprint density at radius 2 is 2.07 bits per heavy atom. The van der Waals surface area contributed by atoms with Gasteiger partial charge >= 0.3 is 5.97 Å². The predicted octanol–water partition coefficient (Wildman–Crippen LogP) is 0.690. The summed E-state index contributed by atoms with van der Waals surface area (Å²) in [5.41, 5.74) is -0.380. The summed E-state index contributed by atoms with van der Waals surface area (Å²) < 4.78 is 5.14. The van der Waals surface area contributed by atoms with Crippen molar-refractivity contribution in [2.75, 3.05) is 19.7 Å². The highest BCUT2D eigenvalue weighted by atomic mass is 16.6. The third kappa shape index (κ3) is 4.62. The van der Waals surface area contributed by atoms with Crippen molar-refractivity contribution in [1.82, 2.24) is 5.32 Å². The summed E-state index contributed by atoms with van der Waals surface area (Å²) in [6, 6.07) is 0. The number of carbonyl (C=O) groups excluding carboxylic acids is 1. The SMILES string of the molecule is CC(C)(C)OC(=O)CNCC1(CO)CC1. The molecule has 1 saturated carbocycles. The molecule has 4 heteroatoms. The van der Waals surface area contributed by atoms with Crippen molar-refractivity contribution < 1.29 is 14.6 Å². The quantitative estimate of drug-likeness (QED) is 0.662. The molecule has 1 aliphatic carbocycles. The number of esters is 1. The van der Waals surface area contributed by atoms with E-state index < -0.39 is 5.60 Å². The maximum Gasteiger partial charge on any atom is 0.320 e. The second kappa shape index (κ2) is 4.49. The molecule has 0 radical (unpaired) electrons. The van der Waals surface area contributed by atoms with Crippen LogP contribution in [0.25, 0.3) is 0 Å². The van der Waals surface area contributed by atoms with Gasteiger partial charge in [-0.05, 0) is 33.6 Å². The van der Waals surface area contributed by atoms with Gasteiger partial charge in [0.1, 0.15) is 5.60 Å². The van der Waals surface area contributed by atoms with Crippen LogP contribution in [-0.4, -0.2) is 36.4 Å². The molecule has 4 nitrogen and oxygen atoms in total. The first-order valence-electron chi connectivity index (χ1n) is 5.40. The number of aliphatic hydroxyl groups is 1. The highest BCUT2D eigenvalue weighted by molar-refractivity contribution is 5.72. The third-order valence-corrected chi connectivity index (χ3v) is 2.48. The van der Waals surface area contributed by atoms with Gasteiger partial charge in [0.25, 0.3) is 0 Å². The van der Waals surface area contributed by atoms with Crippen molar-refractivity contribution in [1.29, 1.82) is 0 Å².